The predicted molar refractivity (Wildman–Crippen MR) is 181 cm³/mol. The summed E-state index contributed by atoms with van der Waals surface area (Å²) in [6.07, 6.45) is -5.42. The van der Waals surface area contributed by atoms with Crippen molar-refractivity contribution < 1.29 is 53.0 Å². The Balaban J connectivity index is 1.44. The predicted octanol–water partition coefficient (Wildman–Crippen LogP) is 3.07. The van der Waals surface area contributed by atoms with Gasteiger partial charge in [-0.1, -0.05) is 39.8 Å². The highest BCUT2D eigenvalue weighted by molar-refractivity contribution is 5.86. The maximum atomic E-state index is 14.1. The standard InChI is InChI=1S/C37H56N2O11/c1-18-16-36(7,46-10)31(49-34-29(42)26(14-19(2)47-34)39(8)17-24-12-11-13-25(15-24)45-9)21(4)28(41)22(5)33(43)48-32-23(6)37(32)30(20(3)27(18)40)38-35(44)50-37/h11-13,15,18-23,26,28-32,34,41-42H,14,16-17H2,1-10H3,(H,38,44)/t18-,19-,20+,21+,22-,23?,26+,28+,29-,30-,31-,32-,34+,36+,37+/m1/s1. The van der Waals surface area contributed by atoms with Gasteiger partial charge in [-0.15, -0.1) is 0 Å². The number of aliphatic hydroxyl groups excluding tert-OH is 2. The first-order chi connectivity index (χ1) is 23.5. The summed E-state index contributed by atoms with van der Waals surface area (Å²) in [5.41, 5.74) is -1.35. The molecule has 3 heterocycles. The van der Waals surface area contributed by atoms with Crippen LogP contribution in [0.2, 0.25) is 0 Å². The summed E-state index contributed by atoms with van der Waals surface area (Å²) in [4.78, 5) is 42.2. The lowest BCUT2D eigenvalue weighted by Gasteiger charge is -2.48. The average molecular weight is 705 g/mol. The van der Waals surface area contributed by atoms with Crippen LogP contribution in [0.3, 0.4) is 0 Å². The monoisotopic (exact) mass is 704 g/mol. The molecule has 1 aliphatic carbocycles. The second kappa shape index (κ2) is 14.7. The number of methoxy groups -OCH3 is 2. The number of hydrogen-bond acceptors (Lipinski definition) is 12. The molecule has 0 radical (unpaired) electrons. The van der Waals surface area contributed by atoms with Gasteiger partial charge in [-0.2, -0.15) is 0 Å². The zero-order chi connectivity index (χ0) is 36.9. The van der Waals surface area contributed by atoms with Crippen LogP contribution in [0.1, 0.15) is 66.9 Å². The van der Waals surface area contributed by atoms with Crippen LogP contribution in [0.25, 0.3) is 0 Å². The van der Waals surface area contributed by atoms with Crippen LogP contribution in [0.15, 0.2) is 24.3 Å². The Hall–Kier alpha value is -2.81. The van der Waals surface area contributed by atoms with Crippen molar-refractivity contribution in [3.8, 4) is 5.75 Å². The summed E-state index contributed by atoms with van der Waals surface area (Å²) in [7, 11) is 5.07. The first-order valence-electron chi connectivity index (χ1n) is 17.8. The number of amides is 1. The van der Waals surface area contributed by atoms with Crippen molar-refractivity contribution in [1.29, 1.82) is 0 Å². The lowest BCUT2D eigenvalue weighted by Crippen LogP contribution is -2.60. The van der Waals surface area contributed by atoms with E-state index in [0.29, 0.717) is 13.0 Å². The van der Waals surface area contributed by atoms with Gasteiger partial charge in [-0.3, -0.25) is 14.5 Å². The third kappa shape index (κ3) is 7.01. The molecular formula is C37H56N2O11. The zero-order valence-corrected chi connectivity index (χ0v) is 31.0. The molecule has 3 N–H and O–H groups in total. The van der Waals surface area contributed by atoms with E-state index in [1.807, 2.05) is 45.2 Å². The fraction of sp³-hybridized carbons (Fsp3) is 0.757. The van der Waals surface area contributed by atoms with Gasteiger partial charge < -0.3 is 44.0 Å². The van der Waals surface area contributed by atoms with E-state index in [9.17, 15) is 24.6 Å². The van der Waals surface area contributed by atoms with E-state index in [0.717, 1.165) is 11.3 Å². The molecule has 1 aromatic rings. The molecule has 0 bridgehead atoms. The first kappa shape index (κ1) is 38.4. The van der Waals surface area contributed by atoms with Crippen LogP contribution >= 0.6 is 0 Å². The fourth-order valence-corrected chi connectivity index (χ4v) is 8.70. The van der Waals surface area contributed by atoms with Crippen molar-refractivity contribution >= 4 is 17.8 Å². The van der Waals surface area contributed by atoms with Crippen LogP contribution < -0.4 is 10.1 Å². The number of rotatable bonds is 7. The van der Waals surface area contributed by atoms with E-state index in [1.54, 1.807) is 41.7 Å². The van der Waals surface area contributed by atoms with Crippen LogP contribution in [-0.2, 0) is 39.8 Å². The summed E-state index contributed by atoms with van der Waals surface area (Å²) < 4.78 is 36.1. The van der Waals surface area contributed by atoms with Gasteiger partial charge in [0.2, 0.25) is 0 Å². The summed E-state index contributed by atoms with van der Waals surface area (Å²) in [6, 6.07) is 6.70. The largest absolute Gasteiger partial charge is 0.497 e. The number of aliphatic hydroxyl groups is 2. The Morgan fingerprint density at radius 1 is 1.02 bits per heavy atom. The molecule has 0 aromatic heterocycles. The van der Waals surface area contributed by atoms with Crippen molar-refractivity contribution in [3.63, 3.8) is 0 Å². The van der Waals surface area contributed by atoms with Gasteiger partial charge in [0.1, 0.15) is 17.6 Å². The van der Waals surface area contributed by atoms with E-state index in [2.05, 4.69) is 10.2 Å². The molecule has 5 rings (SSSR count). The van der Waals surface area contributed by atoms with Gasteiger partial charge in [0.15, 0.2) is 18.0 Å². The minimum atomic E-state index is -1.27. The van der Waals surface area contributed by atoms with Crippen LogP contribution in [0.5, 0.6) is 5.75 Å². The Kier molecular flexibility index (Phi) is 11.3. The second-order valence-electron chi connectivity index (χ2n) is 15.4. The molecule has 1 unspecified atom stereocenters. The topological polar surface area (TPSA) is 162 Å². The van der Waals surface area contributed by atoms with Gasteiger partial charge in [-0.25, -0.2) is 4.79 Å². The van der Waals surface area contributed by atoms with Crippen molar-refractivity contribution in [2.75, 3.05) is 21.3 Å². The van der Waals surface area contributed by atoms with Crippen LogP contribution in [-0.4, -0.2) is 114 Å². The molecule has 1 aromatic carbocycles. The molecule has 4 fully saturated rings. The lowest BCUT2D eigenvalue weighted by atomic mass is 9.75. The normalized spacial score (nSPS) is 43.9. The number of alkyl carbamates (subject to hydrolysis) is 1. The summed E-state index contributed by atoms with van der Waals surface area (Å²) in [6.45, 7) is 13.0. The van der Waals surface area contributed by atoms with E-state index >= 15 is 0 Å². The van der Waals surface area contributed by atoms with Crippen LogP contribution in [0, 0.1) is 29.6 Å². The minimum Gasteiger partial charge on any atom is -0.497 e. The Bertz CT molecular complexity index is 1410. The molecule has 3 saturated heterocycles. The molecule has 1 spiro atoms. The molecule has 13 heteroatoms. The Morgan fingerprint density at radius 2 is 1.72 bits per heavy atom. The summed E-state index contributed by atoms with van der Waals surface area (Å²) in [5, 5.41) is 26.3. The lowest BCUT2D eigenvalue weighted by molar-refractivity contribution is -0.302. The Labute approximate surface area is 295 Å². The molecule has 1 amide bonds. The fourth-order valence-electron chi connectivity index (χ4n) is 8.70. The highest BCUT2D eigenvalue weighted by Gasteiger charge is 2.77. The number of Topliss-reactive ketones (excluding diaryl/α,β-unsaturated/α-hetero) is 1. The van der Waals surface area contributed by atoms with Gasteiger partial charge >= 0.3 is 12.1 Å². The molecule has 4 aliphatic rings. The molecule has 1 saturated carbocycles. The summed E-state index contributed by atoms with van der Waals surface area (Å²) >= 11 is 0. The number of hydrogen-bond donors (Lipinski definition) is 3. The SMILES string of the molecule is COc1cccc(CN(C)[C@H]2C[C@@H](C)O[C@@H](O[C@@H]3[C@@H](C)[C@H](O)[C@@H](C)C(=O)O[C@@H]4C(C)[C@@]45OC(=O)N[C@@H]5[C@@H](C)C(=O)[C@H](C)C[C@]3(C)OC)[C@@H]2O)c1. The second-order valence-corrected chi connectivity index (χ2v) is 15.4. The van der Waals surface area contributed by atoms with Gasteiger partial charge in [0, 0.05) is 43.4 Å². The zero-order valence-electron chi connectivity index (χ0n) is 31.0. The number of ketones is 1. The van der Waals surface area contributed by atoms with E-state index in [1.165, 1.54) is 7.11 Å². The van der Waals surface area contributed by atoms with Gasteiger partial charge in [0.05, 0.1) is 43.0 Å². The number of esters is 1. The highest BCUT2D eigenvalue weighted by Crippen LogP contribution is 2.56. The van der Waals surface area contributed by atoms with E-state index < -0.39 is 83.7 Å². The quantitative estimate of drug-likeness (QED) is 0.357. The van der Waals surface area contributed by atoms with E-state index in [-0.39, 0.29) is 30.3 Å². The molecule has 3 aliphatic heterocycles. The molecule has 13 nitrogen and oxygen atoms in total. The van der Waals surface area contributed by atoms with Crippen molar-refractivity contribution in [2.45, 2.75) is 128 Å². The number of benzene rings is 1. The minimum absolute atomic E-state index is 0.133. The number of nitrogens with one attached hydrogen (secondary N) is 1. The third-order valence-electron chi connectivity index (χ3n) is 11.9. The van der Waals surface area contributed by atoms with Crippen LogP contribution in [0.4, 0.5) is 4.79 Å². The Morgan fingerprint density at radius 3 is 2.38 bits per heavy atom. The first-order valence-corrected chi connectivity index (χ1v) is 17.8. The number of ether oxygens (including phenoxy) is 6. The maximum Gasteiger partial charge on any atom is 0.408 e. The third-order valence-corrected chi connectivity index (χ3v) is 11.9. The smallest absolute Gasteiger partial charge is 0.408 e. The van der Waals surface area contributed by atoms with Crippen molar-refractivity contribution in [3.05, 3.63) is 29.8 Å². The molecular weight excluding hydrogens is 648 g/mol. The summed E-state index contributed by atoms with van der Waals surface area (Å²) in [5.74, 6) is -3.40. The average Bonchev–Trinajstić information content (AvgIpc) is 3.44. The maximum absolute atomic E-state index is 14.1. The molecule has 50 heavy (non-hydrogen) atoms. The number of carbonyl (C=O) groups excluding carboxylic acids is 3. The highest BCUT2D eigenvalue weighted by atomic mass is 16.7. The van der Waals surface area contributed by atoms with Gasteiger partial charge in [0.25, 0.3) is 0 Å². The van der Waals surface area contributed by atoms with E-state index in [4.69, 9.17) is 28.4 Å². The van der Waals surface area contributed by atoms with Crippen molar-refractivity contribution in [1.82, 2.24) is 10.2 Å². The molecule has 15 atom stereocenters. The number of likely N-dealkylation sites (N-methyl/N-ethyl adjacent to an activating group) is 1. The van der Waals surface area contributed by atoms with Gasteiger partial charge in [-0.05, 0) is 58.4 Å². The van der Waals surface area contributed by atoms with Crippen molar-refractivity contribution in [2.24, 2.45) is 29.6 Å². The number of nitrogens with zero attached hydrogens (tertiary/aromatic N) is 1. The molecule has 280 valence electrons. The number of carbonyl (C=O) groups is 3.